The first kappa shape index (κ1) is 15.8. The zero-order chi connectivity index (χ0) is 16.7. The number of imidazole rings is 1. The lowest BCUT2D eigenvalue weighted by molar-refractivity contribution is -0.147. The van der Waals surface area contributed by atoms with Crippen molar-refractivity contribution in [2.75, 3.05) is 13.2 Å². The minimum Gasteiger partial charge on any atom is -0.396 e. The average Bonchev–Trinajstić information content (AvgIpc) is 3.20. The van der Waals surface area contributed by atoms with E-state index in [9.17, 15) is 23.1 Å². The third kappa shape index (κ3) is 3.17. The lowest BCUT2D eigenvalue weighted by Gasteiger charge is -2.14. The molecule has 3 rings (SSSR count). The Morgan fingerprint density at radius 3 is 2.65 bits per heavy atom. The van der Waals surface area contributed by atoms with Crippen LogP contribution in [0.3, 0.4) is 0 Å². The predicted octanol–water partition coefficient (Wildman–Crippen LogP) is 1.94. The lowest BCUT2D eigenvalue weighted by Crippen LogP contribution is -2.35. The van der Waals surface area contributed by atoms with Crippen molar-refractivity contribution in [1.29, 1.82) is 0 Å². The van der Waals surface area contributed by atoms with E-state index in [0.29, 0.717) is 0 Å². The first-order valence-corrected chi connectivity index (χ1v) is 7.25. The zero-order valence-corrected chi connectivity index (χ0v) is 12.2. The Balaban J connectivity index is 1.82. The smallest absolute Gasteiger partial charge is 0.396 e. The summed E-state index contributed by atoms with van der Waals surface area (Å²) in [5, 5.41) is 11.8. The summed E-state index contributed by atoms with van der Waals surface area (Å²) in [5.41, 5.74) is 0.166. The molecule has 0 saturated heterocycles. The number of nitrogens with zero attached hydrogens (tertiary/aromatic N) is 2. The van der Waals surface area contributed by atoms with Crippen molar-refractivity contribution < 1.29 is 23.1 Å². The molecular formula is C15H16F3N3O2. The Labute approximate surface area is 130 Å². The molecule has 2 N–H and O–H groups in total. The maximum absolute atomic E-state index is 13.1. The van der Waals surface area contributed by atoms with E-state index in [1.807, 2.05) is 0 Å². The molecular weight excluding hydrogens is 311 g/mol. The van der Waals surface area contributed by atoms with Gasteiger partial charge in [-0.2, -0.15) is 13.2 Å². The largest absolute Gasteiger partial charge is 0.449 e. The maximum atomic E-state index is 13.1. The molecule has 1 aliphatic rings. The van der Waals surface area contributed by atoms with Crippen LogP contribution in [0.15, 0.2) is 24.3 Å². The molecule has 1 heterocycles. The first-order chi connectivity index (χ1) is 10.8. The minimum atomic E-state index is -4.64. The summed E-state index contributed by atoms with van der Waals surface area (Å²) in [6, 6.07) is 6.17. The molecule has 1 aliphatic carbocycles. The molecule has 1 aromatic heterocycles. The SMILES string of the molecule is O=C(Cn1c(C(F)(F)F)nc2ccccc21)NCC1(CO)CC1. The number of para-hydroxylation sites is 2. The molecule has 124 valence electrons. The summed E-state index contributed by atoms with van der Waals surface area (Å²) < 4.78 is 40.3. The fraction of sp³-hybridized carbons (Fsp3) is 0.467. The van der Waals surface area contributed by atoms with Crippen molar-refractivity contribution in [1.82, 2.24) is 14.9 Å². The number of carbonyl (C=O) groups is 1. The fourth-order valence-corrected chi connectivity index (χ4v) is 2.51. The molecule has 8 heteroatoms. The summed E-state index contributed by atoms with van der Waals surface area (Å²) in [7, 11) is 0. The molecule has 0 aliphatic heterocycles. The number of rotatable bonds is 5. The van der Waals surface area contributed by atoms with E-state index in [0.717, 1.165) is 17.4 Å². The van der Waals surface area contributed by atoms with Gasteiger partial charge in [-0.15, -0.1) is 0 Å². The van der Waals surface area contributed by atoms with Gasteiger partial charge in [-0.3, -0.25) is 4.79 Å². The third-order valence-electron chi connectivity index (χ3n) is 4.16. The second-order valence-corrected chi connectivity index (χ2v) is 5.94. The summed E-state index contributed by atoms with van der Waals surface area (Å²) in [5.74, 6) is -1.62. The molecule has 5 nitrogen and oxygen atoms in total. The standard InChI is InChI=1S/C15H16F3N3O2/c16-15(17,18)13-20-10-3-1-2-4-11(10)21(13)7-12(23)19-8-14(9-22)5-6-14/h1-4,22H,5-9H2,(H,19,23). The maximum Gasteiger partial charge on any atom is 0.449 e. The van der Waals surface area contributed by atoms with Crippen LogP contribution in [-0.2, 0) is 17.5 Å². The van der Waals surface area contributed by atoms with Crippen molar-refractivity contribution in [3.05, 3.63) is 30.1 Å². The van der Waals surface area contributed by atoms with E-state index in [-0.39, 0.29) is 29.6 Å². The van der Waals surface area contributed by atoms with Crippen molar-refractivity contribution in [2.45, 2.75) is 25.6 Å². The molecule has 0 spiro atoms. The highest BCUT2D eigenvalue weighted by atomic mass is 19.4. The lowest BCUT2D eigenvalue weighted by atomic mass is 10.1. The summed E-state index contributed by atoms with van der Waals surface area (Å²) in [6.07, 6.45) is -3.01. The molecule has 0 atom stereocenters. The van der Waals surface area contributed by atoms with Gasteiger partial charge in [0, 0.05) is 12.0 Å². The van der Waals surface area contributed by atoms with Gasteiger partial charge in [-0.05, 0) is 25.0 Å². The van der Waals surface area contributed by atoms with Crippen molar-refractivity contribution in [2.24, 2.45) is 5.41 Å². The van der Waals surface area contributed by atoms with Gasteiger partial charge in [-0.25, -0.2) is 4.98 Å². The highest BCUT2D eigenvalue weighted by Gasteiger charge is 2.42. The number of amides is 1. The number of aromatic nitrogens is 2. The quantitative estimate of drug-likeness (QED) is 0.882. The van der Waals surface area contributed by atoms with Crippen LogP contribution in [0.25, 0.3) is 11.0 Å². The van der Waals surface area contributed by atoms with Gasteiger partial charge >= 0.3 is 6.18 Å². The summed E-state index contributed by atoms with van der Waals surface area (Å²) in [6.45, 7) is -0.220. The van der Waals surface area contributed by atoms with Gasteiger partial charge in [0.2, 0.25) is 11.7 Å². The van der Waals surface area contributed by atoms with E-state index in [4.69, 9.17) is 0 Å². The number of alkyl halides is 3. The second-order valence-electron chi connectivity index (χ2n) is 5.94. The van der Waals surface area contributed by atoms with Gasteiger partial charge in [0.1, 0.15) is 6.54 Å². The van der Waals surface area contributed by atoms with E-state index in [1.54, 1.807) is 12.1 Å². The van der Waals surface area contributed by atoms with Crippen LogP contribution in [0.2, 0.25) is 0 Å². The predicted molar refractivity (Wildman–Crippen MR) is 76.5 cm³/mol. The summed E-state index contributed by atoms with van der Waals surface area (Å²) in [4.78, 5) is 15.6. The number of benzene rings is 1. The molecule has 1 saturated carbocycles. The van der Waals surface area contributed by atoms with Gasteiger partial charge in [0.25, 0.3) is 0 Å². The molecule has 0 bridgehead atoms. The van der Waals surface area contributed by atoms with Crippen LogP contribution in [0.4, 0.5) is 13.2 Å². The number of nitrogens with one attached hydrogen (secondary N) is 1. The van der Waals surface area contributed by atoms with Gasteiger partial charge in [0.15, 0.2) is 0 Å². The van der Waals surface area contributed by atoms with E-state index < -0.39 is 24.5 Å². The van der Waals surface area contributed by atoms with E-state index >= 15 is 0 Å². The summed E-state index contributed by atoms with van der Waals surface area (Å²) >= 11 is 0. The van der Waals surface area contributed by atoms with Gasteiger partial charge in [0.05, 0.1) is 17.6 Å². The average molecular weight is 327 g/mol. The first-order valence-electron chi connectivity index (χ1n) is 7.25. The Morgan fingerprint density at radius 1 is 1.35 bits per heavy atom. The van der Waals surface area contributed by atoms with Crippen LogP contribution >= 0.6 is 0 Å². The Hall–Kier alpha value is -2.09. The molecule has 0 unspecified atom stereocenters. The zero-order valence-electron chi connectivity index (χ0n) is 12.2. The van der Waals surface area contributed by atoms with Crippen LogP contribution in [-0.4, -0.2) is 33.7 Å². The molecule has 2 aromatic rings. The number of halogens is 3. The number of hydrogen-bond acceptors (Lipinski definition) is 3. The van der Waals surface area contributed by atoms with E-state index in [1.165, 1.54) is 12.1 Å². The Bertz CT molecular complexity index is 735. The Kier molecular flexibility index (Phi) is 3.79. The van der Waals surface area contributed by atoms with E-state index in [2.05, 4.69) is 10.3 Å². The molecule has 1 aromatic carbocycles. The normalized spacial score (nSPS) is 16.5. The topological polar surface area (TPSA) is 67.2 Å². The molecule has 1 fully saturated rings. The monoisotopic (exact) mass is 327 g/mol. The minimum absolute atomic E-state index is 0.0327. The molecule has 23 heavy (non-hydrogen) atoms. The highest BCUT2D eigenvalue weighted by molar-refractivity contribution is 5.81. The van der Waals surface area contributed by atoms with Crippen LogP contribution in [0.1, 0.15) is 18.7 Å². The van der Waals surface area contributed by atoms with Crippen molar-refractivity contribution >= 4 is 16.9 Å². The van der Waals surface area contributed by atoms with Crippen LogP contribution in [0, 0.1) is 5.41 Å². The number of carbonyl (C=O) groups excluding carboxylic acids is 1. The molecule has 0 radical (unpaired) electrons. The second kappa shape index (κ2) is 5.52. The van der Waals surface area contributed by atoms with Crippen molar-refractivity contribution in [3.8, 4) is 0 Å². The number of aliphatic hydroxyl groups excluding tert-OH is 1. The third-order valence-corrected chi connectivity index (χ3v) is 4.16. The fourth-order valence-electron chi connectivity index (χ4n) is 2.51. The van der Waals surface area contributed by atoms with Crippen LogP contribution in [0.5, 0.6) is 0 Å². The highest BCUT2D eigenvalue weighted by Crippen LogP contribution is 2.44. The number of hydrogen-bond donors (Lipinski definition) is 2. The van der Waals surface area contributed by atoms with Gasteiger partial charge < -0.3 is 15.0 Å². The Morgan fingerprint density at radius 2 is 2.04 bits per heavy atom. The number of fused-ring (bicyclic) bond motifs is 1. The van der Waals surface area contributed by atoms with Crippen molar-refractivity contribution in [3.63, 3.8) is 0 Å². The van der Waals surface area contributed by atoms with Gasteiger partial charge in [-0.1, -0.05) is 12.1 Å². The number of aliphatic hydroxyl groups is 1. The molecule has 1 amide bonds. The van der Waals surface area contributed by atoms with Crippen LogP contribution < -0.4 is 5.32 Å².